The van der Waals surface area contributed by atoms with Crippen molar-refractivity contribution in [3.05, 3.63) is 75.0 Å². The number of amides is 1. The number of thiazole rings is 1. The van der Waals surface area contributed by atoms with E-state index in [4.69, 9.17) is 5.26 Å². The first kappa shape index (κ1) is 16.1. The van der Waals surface area contributed by atoms with E-state index in [1.54, 1.807) is 18.5 Å². The quantitative estimate of drug-likeness (QED) is 0.776. The number of rotatable bonds is 3. The van der Waals surface area contributed by atoms with Crippen molar-refractivity contribution in [2.45, 2.75) is 13.5 Å². The second kappa shape index (κ2) is 6.50. The first-order valence-electron chi connectivity index (χ1n) is 7.90. The predicted molar refractivity (Wildman–Crippen MR) is 99.5 cm³/mol. The van der Waals surface area contributed by atoms with Gasteiger partial charge in [0.05, 0.1) is 29.0 Å². The standard InChI is InChI=1S/C19H13N5OS/c1-11-4-12(6-20)7-21-17(11)19(25)24-14-3-2-13-8-22-18(15(13)5-14)16-9-26-10-23-16/h2-5,7,9-10H,8H2,1H3,(H,24,25). The lowest BCUT2D eigenvalue weighted by atomic mass is 10.0. The number of carbonyl (C=O) groups is 1. The first-order chi connectivity index (χ1) is 12.7. The summed E-state index contributed by atoms with van der Waals surface area (Å²) in [6.07, 6.45) is 1.40. The summed E-state index contributed by atoms with van der Waals surface area (Å²) in [6.45, 7) is 2.38. The van der Waals surface area contributed by atoms with Crippen LogP contribution in [0, 0.1) is 18.3 Å². The Hall–Kier alpha value is -3.37. The highest BCUT2D eigenvalue weighted by atomic mass is 32.1. The van der Waals surface area contributed by atoms with Gasteiger partial charge in [0.15, 0.2) is 0 Å². The minimum atomic E-state index is -0.308. The number of hydrogen-bond acceptors (Lipinski definition) is 6. The molecule has 0 unspecified atom stereocenters. The Morgan fingerprint density at radius 1 is 1.31 bits per heavy atom. The number of nitrogens with one attached hydrogen (secondary N) is 1. The average Bonchev–Trinajstić information content (AvgIpc) is 3.30. The number of aryl methyl sites for hydroxylation is 1. The SMILES string of the molecule is Cc1cc(C#N)cnc1C(=O)Nc1ccc2c(c1)C(c1cscn1)=NC2. The van der Waals surface area contributed by atoms with Gasteiger partial charge >= 0.3 is 0 Å². The molecule has 1 aliphatic heterocycles. The third kappa shape index (κ3) is 2.87. The van der Waals surface area contributed by atoms with E-state index in [0.29, 0.717) is 29.1 Å². The van der Waals surface area contributed by atoms with Gasteiger partial charge in [0.2, 0.25) is 0 Å². The molecule has 0 saturated carbocycles. The number of fused-ring (bicyclic) bond motifs is 1. The Morgan fingerprint density at radius 3 is 2.92 bits per heavy atom. The van der Waals surface area contributed by atoms with Gasteiger partial charge in [-0.3, -0.25) is 9.79 Å². The summed E-state index contributed by atoms with van der Waals surface area (Å²) in [5.74, 6) is -0.308. The molecule has 1 amide bonds. The second-order valence-electron chi connectivity index (χ2n) is 5.87. The van der Waals surface area contributed by atoms with E-state index in [0.717, 1.165) is 22.5 Å². The van der Waals surface area contributed by atoms with E-state index < -0.39 is 0 Å². The molecule has 0 atom stereocenters. The fourth-order valence-corrected chi connectivity index (χ4v) is 3.41. The number of anilines is 1. The summed E-state index contributed by atoms with van der Waals surface area (Å²) in [6, 6.07) is 9.40. The Morgan fingerprint density at radius 2 is 2.19 bits per heavy atom. The monoisotopic (exact) mass is 359 g/mol. The van der Waals surface area contributed by atoms with Gasteiger partial charge in [0, 0.05) is 22.8 Å². The first-order valence-corrected chi connectivity index (χ1v) is 8.84. The topological polar surface area (TPSA) is 91.0 Å². The van der Waals surface area contributed by atoms with Crippen LogP contribution in [0.15, 0.2) is 46.3 Å². The van der Waals surface area contributed by atoms with Crippen molar-refractivity contribution in [2.75, 3.05) is 5.32 Å². The van der Waals surface area contributed by atoms with Gasteiger partial charge in [-0.25, -0.2) is 9.97 Å². The van der Waals surface area contributed by atoms with Crippen molar-refractivity contribution in [2.24, 2.45) is 4.99 Å². The number of nitrogens with zero attached hydrogens (tertiary/aromatic N) is 4. The van der Waals surface area contributed by atoms with Crippen LogP contribution in [0.5, 0.6) is 0 Å². The number of nitriles is 1. The Kier molecular flexibility index (Phi) is 4.03. The number of benzene rings is 1. The lowest BCUT2D eigenvalue weighted by Gasteiger charge is -2.09. The third-order valence-corrected chi connectivity index (χ3v) is 4.71. The van der Waals surface area contributed by atoms with Gasteiger partial charge in [0.1, 0.15) is 11.8 Å². The van der Waals surface area contributed by atoms with Crippen LogP contribution < -0.4 is 5.32 Å². The van der Waals surface area contributed by atoms with Gasteiger partial charge in [-0.05, 0) is 36.2 Å². The van der Waals surface area contributed by atoms with E-state index in [1.165, 1.54) is 17.5 Å². The van der Waals surface area contributed by atoms with Gasteiger partial charge < -0.3 is 5.32 Å². The Labute approximate surface area is 153 Å². The molecule has 1 N–H and O–H groups in total. The van der Waals surface area contributed by atoms with Crippen molar-refractivity contribution in [1.29, 1.82) is 5.26 Å². The molecule has 3 aromatic rings. The number of pyridine rings is 1. The van der Waals surface area contributed by atoms with Crippen molar-refractivity contribution in [3.8, 4) is 6.07 Å². The van der Waals surface area contributed by atoms with Crippen LogP contribution in [0.4, 0.5) is 5.69 Å². The van der Waals surface area contributed by atoms with Crippen LogP contribution in [-0.2, 0) is 6.54 Å². The Balaban J connectivity index is 1.61. The number of hydrogen-bond donors (Lipinski definition) is 1. The molecule has 1 aliphatic rings. The number of aliphatic imine (C=N–C) groups is 1. The lowest BCUT2D eigenvalue weighted by molar-refractivity contribution is 0.102. The van der Waals surface area contributed by atoms with Crippen molar-refractivity contribution in [1.82, 2.24) is 9.97 Å². The van der Waals surface area contributed by atoms with Crippen molar-refractivity contribution in [3.63, 3.8) is 0 Å². The molecule has 0 spiro atoms. The van der Waals surface area contributed by atoms with Crippen LogP contribution in [0.1, 0.15) is 38.4 Å². The zero-order chi connectivity index (χ0) is 18.1. The van der Waals surface area contributed by atoms with Crippen molar-refractivity contribution < 1.29 is 4.79 Å². The van der Waals surface area contributed by atoms with Crippen LogP contribution in [-0.4, -0.2) is 21.6 Å². The van der Waals surface area contributed by atoms with Gasteiger partial charge in [0.25, 0.3) is 5.91 Å². The van der Waals surface area contributed by atoms with E-state index in [1.807, 2.05) is 29.6 Å². The summed E-state index contributed by atoms with van der Waals surface area (Å²) in [4.78, 5) is 25.5. The molecule has 0 bridgehead atoms. The summed E-state index contributed by atoms with van der Waals surface area (Å²) in [7, 11) is 0. The van der Waals surface area contributed by atoms with Crippen LogP contribution in [0.25, 0.3) is 0 Å². The fraction of sp³-hybridized carbons (Fsp3) is 0.105. The second-order valence-corrected chi connectivity index (χ2v) is 6.58. The highest BCUT2D eigenvalue weighted by Gasteiger charge is 2.20. The fourth-order valence-electron chi connectivity index (χ4n) is 2.87. The maximum absolute atomic E-state index is 12.5. The Bertz CT molecular complexity index is 1080. The molecule has 0 radical (unpaired) electrons. The predicted octanol–water partition coefficient (Wildman–Crippen LogP) is 3.32. The molecule has 3 heterocycles. The summed E-state index contributed by atoms with van der Waals surface area (Å²) >= 11 is 1.52. The minimum Gasteiger partial charge on any atom is -0.321 e. The molecule has 6 nitrogen and oxygen atoms in total. The maximum atomic E-state index is 12.5. The lowest BCUT2D eigenvalue weighted by Crippen LogP contribution is -2.16. The molecule has 0 saturated heterocycles. The molecule has 0 aliphatic carbocycles. The molecule has 2 aromatic heterocycles. The van der Waals surface area contributed by atoms with E-state index in [9.17, 15) is 4.79 Å². The zero-order valence-electron chi connectivity index (χ0n) is 13.9. The number of carbonyl (C=O) groups excluding carboxylic acids is 1. The molecular weight excluding hydrogens is 346 g/mol. The molecule has 0 fully saturated rings. The smallest absolute Gasteiger partial charge is 0.274 e. The molecule has 7 heteroatoms. The highest BCUT2D eigenvalue weighted by Crippen LogP contribution is 2.26. The van der Waals surface area contributed by atoms with E-state index in [2.05, 4.69) is 20.3 Å². The molecule has 126 valence electrons. The largest absolute Gasteiger partial charge is 0.321 e. The third-order valence-electron chi connectivity index (χ3n) is 4.13. The van der Waals surface area contributed by atoms with Crippen LogP contribution in [0.2, 0.25) is 0 Å². The maximum Gasteiger partial charge on any atom is 0.274 e. The normalized spacial score (nSPS) is 12.2. The van der Waals surface area contributed by atoms with Gasteiger partial charge in [-0.2, -0.15) is 5.26 Å². The van der Waals surface area contributed by atoms with E-state index >= 15 is 0 Å². The van der Waals surface area contributed by atoms with Crippen LogP contribution >= 0.6 is 11.3 Å². The van der Waals surface area contributed by atoms with Gasteiger partial charge in [-0.1, -0.05) is 6.07 Å². The van der Waals surface area contributed by atoms with Crippen LogP contribution in [0.3, 0.4) is 0 Å². The minimum absolute atomic E-state index is 0.304. The molecule has 1 aromatic carbocycles. The molecule has 26 heavy (non-hydrogen) atoms. The molecule has 4 rings (SSSR count). The summed E-state index contributed by atoms with van der Waals surface area (Å²) in [5.41, 5.74) is 7.64. The van der Waals surface area contributed by atoms with E-state index in [-0.39, 0.29) is 5.91 Å². The zero-order valence-corrected chi connectivity index (χ0v) is 14.7. The van der Waals surface area contributed by atoms with Crippen molar-refractivity contribution >= 4 is 28.6 Å². The summed E-state index contributed by atoms with van der Waals surface area (Å²) < 4.78 is 0. The average molecular weight is 359 g/mol. The summed E-state index contributed by atoms with van der Waals surface area (Å²) in [5, 5.41) is 13.7. The van der Waals surface area contributed by atoms with Gasteiger partial charge in [-0.15, -0.1) is 11.3 Å². The highest BCUT2D eigenvalue weighted by molar-refractivity contribution is 7.07. The molecular formula is C19H13N5OS. The number of aromatic nitrogens is 2.